The molecule has 6 nitrogen and oxygen atoms in total. The molecule has 35 heavy (non-hydrogen) atoms. The van der Waals surface area contributed by atoms with Crippen LogP contribution in [0.2, 0.25) is 0 Å². The number of likely N-dealkylation sites (tertiary alicyclic amines) is 1. The van der Waals surface area contributed by atoms with Gasteiger partial charge in [-0.15, -0.1) is 0 Å². The number of nitrogens with zero attached hydrogens (tertiary/aromatic N) is 1. The molecule has 1 aromatic carbocycles. The van der Waals surface area contributed by atoms with Crippen molar-refractivity contribution in [3.05, 3.63) is 29.8 Å². The molecular weight excluding hydrogens is 463 g/mol. The summed E-state index contributed by atoms with van der Waals surface area (Å²) in [6, 6.07) is 6.81. The minimum absolute atomic E-state index is 0.0304. The second-order valence-corrected chi connectivity index (χ2v) is 9.68. The fraction of sp³-hybridized carbons (Fsp3) is 0.731. The normalized spacial score (nSPS) is 20.7. The van der Waals surface area contributed by atoms with E-state index < -0.39 is 25.0 Å². The third-order valence-electron chi connectivity index (χ3n) is 6.99. The average molecular weight is 502 g/mol. The lowest BCUT2D eigenvalue weighted by Gasteiger charge is -2.38. The van der Waals surface area contributed by atoms with Crippen molar-refractivity contribution in [1.29, 1.82) is 0 Å². The van der Waals surface area contributed by atoms with Crippen molar-refractivity contribution in [2.45, 2.75) is 82.8 Å². The highest BCUT2D eigenvalue weighted by molar-refractivity contribution is 5.68. The molecule has 1 amide bonds. The highest BCUT2D eigenvalue weighted by atomic mass is 19.4. The van der Waals surface area contributed by atoms with E-state index in [9.17, 15) is 18.0 Å². The Morgan fingerprint density at radius 3 is 2.51 bits per heavy atom. The van der Waals surface area contributed by atoms with Crippen molar-refractivity contribution in [2.24, 2.45) is 5.92 Å². The van der Waals surface area contributed by atoms with Crippen molar-refractivity contribution < 1.29 is 36.9 Å². The minimum atomic E-state index is -4.72. The molecule has 0 aromatic heterocycles. The van der Waals surface area contributed by atoms with Crippen LogP contribution in [0.3, 0.4) is 0 Å². The lowest BCUT2D eigenvalue weighted by Crippen LogP contribution is -2.49. The lowest BCUT2D eigenvalue weighted by atomic mass is 9.84. The number of carbonyl (C=O) groups is 1. The van der Waals surface area contributed by atoms with E-state index in [4.69, 9.17) is 18.9 Å². The first-order valence-electron chi connectivity index (χ1n) is 12.6. The van der Waals surface area contributed by atoms with Crippen molar-refractivity contribution in [1.82, 2.24) is 4.90 Å². The largest absolute Gasteiger partial charge is 0.497 e. The fourth-order valence-corrected chi connectivity index (χ4v) is 4.83. The molecule has 0 N–H and O–H groups in total. The van der Waals surface area contributed by atoms with Gasteiger partial charge < -0.3 is 23.8 Å². The summed E-state index contributed by atoms with van der Waals surface area (Å²) in [5.41, 5.74) is 0.441. The third-order valence-corrected chi connectivity index (χ3v) is 6.99. The molecule has 0 radical (unpaired) electrons. The van der Waals surface area contributed by atoms with E-state index >= 15 is 0 Å². The summed E-state index contributed by atoms with van der Waals surface area (Å²) >= 11 is 0. The molecule has 2 fully saturated rings. The Bertz CT molecular complexity index is 778. The van der Waals surface area contributed by atoms with Crippen LogP contribution >= 0.6 is 0 Å². The predicted octanol–water partition coefficient (Wildman–Crippen LogP) is 6.12. The lowest BCUT2D eigenvalue weighted by molar-refractivity contribution is -0.220. The summed E-state index contributed by atoms with van der Waals surface area (Å²) in [6.07, 6.45) is 0.275. The van der Waals surface area contributed by atoms with Crippen LogP contribution in [0.5, 0.6) is 5.75 Å². The number of halogens is 3. The van der Waals surface area contributed by atoms with Crippen LogP contribution in [-0.2, 0) is 20.8 Å². The molecule has 1 spiro atoms. The van der Waals surface area contributed by atoms with Gasteiger partial charge in [0.2, 0.25) is 6.10 Å². The van der Waals surface area contributed by atoms with Crippen LogP contribution in [-0.4, -0.2) is 62.3 Å². The molecular formula is C26H38F3NO5. The number of methoxy groups -OCH3 is 1. The minimum Gasteiger partial charge on any atom is -0.497 e. The summed E-state index contributed by atoms with van der Waals surface area (Å²) in [4.78, 5) is 13.9. The Hall–Kier alpha value is -2.00. The van der Waals surface area contributed by atoms with Gasteiger partial charge in [-0.2, -0.15) is 13.2 Å². The maximum absolute atomic E-state index is 13.5. The molecule has 9 heteroatoms. The number of hydrogen-bond donors (Lipinski definition) is 0. The molecule has 3 rings (SSSR count). The molecule has 0 saturated carbocycles. The van der Waals surface area contributed by atoms with E-state index in [-0.39, 0.29) is 12.2 Å². The smallest absolute Gasteiger partial charge is 0.427 e. The summed E-state index contributed by atoms with van der Waals surface area (Å²) < 4.78 is 61.8. The number of alkyl halides is 3. The molecule has 2 atom stereocenters. The Morgan fingerprint density at radius 1 is 1.17 bits per heavy atom. The molecule has 1 aromatic rings. The molecule has 0 unspecified atom stereocenters. The van der Waals surface area contributed by atoms with Crippen molar-refractivity contribution in [2.75, 3.05) is 33.4 Å². The maximum atomic E-state index is 13.5. The molecule has 198 valence electrons. The van der Waals surface area contributed by atoms with Gasteiger partial charge in [0.15, 0.2) is 0 Å². The van der Waals surface area contributed by atoms with Crippen LogP contribution in [0, 0.1) is 5.92 Å². The van der Waals surface area contributed by atoms with Crippen molar-refractivity contribution in [3.8, 4) is 5.75 Å². The van der Waals surface area contributed by atoms with E-state index in [0.717, 1.165) is 19.4 Å². The topological polar surface area (TPSA) is 57.2 Å². The van der Waals surface area contributed by atoms with Gasteiger partial charge in [0.1, 0.15) is 5.75 Å². The predicted molar refractivity (Wildman–Crippen MR) is 125 cm³/mol. The first-order chi connectivity index (χ1) is 16.7. The van der Waals surface area contributed by atoms with E-state index in [1.165, 1.54) is 37.7 Å². The summed E-state index contributed by atoms with van der Waals surface area (Å²) in [6.45, 7) is 2.80. The first kappa shape index (κ1) is 27.6. The van der Waals surface area contributed by atoms with Crippen molar-refractivity contribution in [3.63, 3.8) is 0 Å². The summed E-state index contributed by atoms with van der Waals surface area (Å²) in [5.74, 6) is 1.17. The quantitative estimate of drug-likeness (QED) is 0.342. The summed E-state index contributed by atoms with van der Waals surface area (Å²) in [7, 11) is 1.53. The zero-order chi connectivity index (χ0) is 25.3. The Labute approximate surface area is 206 Å². The number of unbranched alkanes of at least 4 members (excludes halogenated alkanes) is 3. The second kappa shape index (κ2) is 12.8. The van der Waals surface area contributed by atoms with Gasteiger partial charge in [0.05, 0.1) is 32.5 Å². The first-order valence-corrected chi connectivity index (χ1v) is 12.6. The van der Waals surface area contributed by atoms with E-state index in [0.29, 0.717) is 43.2 Å². The molecule has 2 aliphatic rings. The SMILES string of the molecule is CCCCCC[C@H]1COC2(CCN(C(=O)O[C@H](COCc3ccc(OC)cc3)C(F)(F)F)CC2)C1. The number of amides is 1. The van der Waals surface area contributed by atoms with Crippen molar-refractivity contribution >= 4 is 6.09 Å². The molecule has 2 aliphatic heterocycles. The fourth-order valence-electron chi connectivity index (χ4n) is 4.83. The summed E-state index contributed by atoms with van der Waals surface area (Å²) in [5, 5.41) is 0. The van der Waals surface area contributed by atoms with E-state index in [1.807, 2.05) is 0 Å². The van der Waals surface area contributed by atoms with Gasteiger partial charge in [-0.05, 0) is 49.3 Å². The van der Waals surface area contributed by atoms with E-state index in [1.54, 1.807) is 24.3 Å². The Balaban J connectivity index is 1.43. The number of ether oxygens (including phenoxy) is 4. The van der Waals surface area contributed by atoms with E-state index in [2.05, 4.69) is 6.92 Å². The Morgan fingerprint density at radius 2 is 1.89 bits per heavy atom. The monoisotopic (exact) mass is 501 g/mol. The number of hydrogen-bond acceptors (Lipinski definition) is 5. The van der Waals surface area contributed by atoms with Crippen LogP contribution in [0.1, 0.15) is 63.9 Å². The molecule has 2 heterocycles. The number of carbonyl (C=O) groups excluding carboxylic acids is 1. The van der Waals surface area contributed by atoms with Gasteiger partial charge in [-0.1, -0.05) is 44.7 Å². The van der Waals surface area contributed by atoms with Gasteiger partial charge >= 0.3 is 12.3 Å². The third kappa shape index (κ3) is 8.27. The highest BCUT2D eigenvalue weighted by Gasteiger charge is 2.46. The average Bonchev–Trinajstić information content (AvgIpc) is 3.23. The maximum Gasteiger partial charge on any atom is 0.427 e. The van der Waals surface area contributed by atoms with Crippen LogP contribution in [0.4, 0.5) is 18.0 Å². The molecule has 2 saturated heterocycles. The number of piperidine rings is 1. The van der Waals surface area contributed by atoms with Crippen LogP contribution < -0.4 is 4.74 Å². The Kier molecular flexibility index (Phi) is 10.1. The van der Waals surface area contributed by atoms with Gasteiger partial charge in [-0.3, -0.25) is 0 Å². The molecule has 0 bridgehead atoms. The second-order valence-electron chi connectivity index (χ2n) is 9.68. The van der Waals surface area contributed by atoms with Gasteiger partial charge in [-0.25, -0.2) is 4.79 Å². The number of rotatable bonds is 11. The molecule has 0 aliphatic carbocycles. The number of benzene rings is 1. The zero-order valence-electron chi connectivity index (χ0n) is 20.8. The van der Waals surface area contributed by atoms with Gasteiger partial charge in [0.25, 0.3) is 0 Å². The standard InChI is InChI=1S/C26H38F3NO5/c1-3-4-5-6-7-21-16-25(34-18-21)12-14-30(15-13-25)24(31)35-23(26(27,28)29)19-33-17-20-8-10-22(32-2)11-9-20/h8-11,21,23H,3-7,12-19H2,1-2H3/t21-,23-/m1/s1. The van der Waals surface area contributed by atoms with Gasteiger partial charge in [0, 0.05) is 13.1 Å². The zero-order valence-corrected chi connectivity index (χ0v) is 20.8. The van der Waals surface area contributed by atoms with Crippen LogP contribution in [0.25, 0.3) is 0 Å². The van der Waals surface area contributed by atoms with Crippen LogP contribution in [0.15, 0.2) is 24.3 Å². The highest BCUT2D eigenvalue weighted by Crippen LogP contribution is 2.40.